The van der Waals surface area contributed by atoms with Gasteiger partial charge in [-0.25, -0.2) is 14.8 Å². The SMILES string of the molecule is O=C(O)O.O=C1N=c2ccccc2=NC1=O. The second-order valence-corrected chi connectivity index (χ2v) is 2.61. The molecular weight excluding hydrogens is 216 g/mol. The van der Waals surface area contributed by atoms with Crippen molar-refractivity contribution in [3.63, 3.8) is 0 Å². The van der Waals surface area contributed by atoms with Crippen LogP contribution in [0.1, 0.15) is 0 Å². The van der Waals surface area contributed by atoms with Gasteiger partial charge in [0.2, 0.25) is 0 Å². The van der Waals surface area contributed by atoms with Crippen LogP contribution < -0.4 is 10.7 Å². The van der Waals surface area contributed by atoms with Crippen LogP contribution in [0.25, 0.3) is 0 Å². The van der Waals surface area contributed by atoms with Crippen molar-refractivity contribution >= 4 is 18.0 Å². The molecule has 0 bridgehead atoms. The molecule has 1 aromatic rings. The number of carbonyl (C=O) groups is 3. The van der Waals surface area contributed by atoms with Crippen LogP contribution in [-0.4, -0.2) is 28.2 Å². The monoisotopic (exact) mass is 222 g/mol. The van der Waals surface area contributed by atoms with E-state index in [2.05, 4.69) is 9.98 Å². The standard InChI is InChI=1S/C8H4N2O2.CH2O3/c11-7-8(12)10-6-4-2-1-3-5(6)9-7;2-1(3)4/h1-4H;(H2,2,3,4). The summed E-state index contributed by atoms with van der Waals surface area (Å²) in [6, 6.07) is 6.76. The van der Waals surface area contributed by atoms with Gasteiger partial charge in [-0.2, -0.15) is 0 Å². The topological polar surface area (TPSA) is 116 Å². The van der Waals surface area contributed by atoms with Crippen molar-refractivity contribution in [2.45, 2.75) is 0 Å². The Morgan fingerprint density at radius 3 is 1.56 bits per heavy atom. The van der Waals surface area contributed by atoms with Gasteiger partial charge in [0.1, 0.15) is 0 Å². The molecule has 0 aliphatic carbocycles. The zero-order chi connectivity index (χ0) is 12.1. The minimum Gasteiger partial charge on any atom is -0.450 e. The normalized spacial score (nSPS) is 12.5. The number of nitrogens with zero attached hydrogens (tertiary/aromatic N) is 2. The van der Waals surface area contributed by atoms with E-state index in [-0.39, 0.29) is 0 Å². The zero-order valence-electron chi connectivity index (χ0n) is 7.82. The molecule has 0 unspecified atom stereocenters. The molecule has 0 radical (unpaired) electrons. The van der Waals surface area contributed by atoms with Gasteiger partial charge >= 0.3 is 18.0 Å². The van der Waals surface area contributed by atoms with Crippen LogP contribution in [0.4, 0.5) is 4.79 Å². The van der Waals surface area contributed by atoms with E-state index in [1.807, 2.05) is 0 Å². The maximum Gasteiger partial charge on any atom is 0.503 e. The highest BCUT2D eigenvalue weighted by Crippen LogP contribution is 1.83. The number of amides is 2. The highest BCUT2D eigenvalue weighted by atomic mass is 16.6. The van der Waals surface area contributed by atoms with Crippen LogP contribution in [0.15, 0.2) is 34.3 Å². The molecule has 1 aliphatic rings. The van der Waals surface area contributed by atoms with E-state index in [4.69, 9.17) is 15.0 Å². The summed E-state index contributed by atoms with van der Waals surface area (Å²) >= 11 is 0. The number of fused-ring (bicyclic) bond motifs is 1. The lowest BCUT2D eigenvalue weighted by Gasteiger charge is -1.94. The molecule has 0 saturated carbocycles. The Labute approximate surface area is 88.4 Å². The van der Waals surface area contributed by atoms with Crippen LogP contribution in [0, 0.1) is 0 Å². The smallest absolute Gasteiger partial charge is 0.450 e. The number of hydrogen-bond acceptors (Lipinski definition) is 3. The molecule has 0 fully saturated rings. The van der Waals surface area contributed by atoms with Gasteiger partial charge < -0.3 is 10.2 Å². The quantitative estimate of drug-likeness (QED) is 0.558. The summed E-state index contributed by atoms with van der Waals surface area (Å²) in [5.74, 6) is -1.59. The van der Waals surface area contributed by atoms with Crippen LogP contribution in [0.5, 0.6) is 0 Å². The third-order valence-electron chi connectivity index (χ3n) is 1.51. The largest absolute Gasteiger partial charge is 0.503 e. The fraction of sp³-hybridized carbons (Fsp3) is 0. The summed E-state index contributed by atoms with van der Waals surface area (Å²) in [6.45, 7) is 0. The summed E-state index contributed by atoms with van der Waals surface area (Å²) in [5, 5.41) is 14.9. The summed E-state index contributed by atoms with van der Waals surface area (Å²) in [4.78, 5) is 37.1. The van der Waals surface area contributed by atoms with E-state index >= 15 is 0 Å². The Morgan fingerprint density at radius 2 is 1.25 bits per heavy atom. The third kappa shape index (κ3) is 2.98. The first-order chi connectivity index (χ1) is 7.50. The molecule has 0 spiro atoms. The lowest BCUT2D eigenvalue weighted by molar-refractivity contribution is -0.135. The first-order valence-electron chi connectivity index (χ1n) is 4.03. The lowest BCUT2D eigenvalue weighted by atomic mass is 10.3. The summed E-state index contributed by atoms with van der Waals surface area (Å²) in [6.07, 6.45) is -1.83. The fourth-order valence-corrected chi connectivity index (χ4v) is 0.968. The highest BCUT2D eigenvalue weighted by molar-refractivity contribution is 6.36. The van der Waals surface area contributed by atoms with Crippen molar-refractivity contribution in [3.05, 3.63) is 35.0 Å². The average molecular weight is 222 g/mol. The van der Waals surface area contributed by atoms with Crippen molar-refractivity contribution in [2.75, 3.05) is 0 Å². The summed E-state index contributed by atoms with van der Waals surface area (Å²) in [7, 11) is 0. The molecular formula is C9H6N2O5. The van der Waals surface area contributed by atoms with Gasteiger partial charge in [0.15, 0.2) is 0 Å². The van der Waals surface area contributed by atoms with E-state index in [9.17, 15) is 9.59 Å². The Balaban J connectivity index is 0.000000280. The van der Waals surface area contributed by atoms with E-state index in [0.717, 1.165) is 0 Å². The molecule has 16 heavy (non-hydrogen) atoms. The maximum absolute atomic E-state index is 10.7. The molecule has 7 heteroatoms. The molecule has 0 saturated heterocycles. The highest BCUT2D eigenvalue weighted by Gasteiger charge is 2.13. The summed E-state index contributed by atoms with van der Waals surface area (Å²) in [5.41, 5.74) is 0. The first kappa shape index (κ1) is 11.5. The summed E-state index contributed by atoms with van der Waals surface area (Å²) < 4.78 is 0. The second kappa shape index (κ2) is 4.78. The molecule has 82 valence electrons. The van der Waals surface area contributed by atoms with Crippen molar-refractivity contribution in [1.82, 2.24) is 0 Å². The van der Waals surface area contributed by atoms with Gasteiger partial charge in [0.05, 0.1) is 10.7 Å². The molecule has 0 aromatic heterocycles. The molecule has 1 aliphatic heterocycles. The Kier molecular flexibility index (Phi) is 3.44. The zero-order valence-corrected chi connectivity index (χ0v) is 7.82. The minimum absolute atomic E-state index is 0.460. The molecule has 2 N–H and O–H groups in total. The van der Waals surface area contributed by atoms with Crippen molar-refractivity contribution in [2.24, 2.45) is 9.98 Å². The Hall–Kier alpha value is -2.57. The fourth-order valence-electron chi connectivity index (χ4n) is 0.968. The van der Waals surface area contributed by atoms with E-state index in [0.29, 0.717) is 10.7 Å². The molecule has 2 rings (SSSR count). The average Bonchev–Trinajstić information content (AvgIpc) is 2.19. The van der Waals surface area contributed by atoms with Gasteiger partial charge in [-0.3, -0.25) is 9.59 Å². The lowest BCUT2D eigenvalue weighted by Crippen LogP contribution is -2.33. The Bertz CT molecular complexity index is 515. The van der Waals surface area contributed by atoms with Gasteiger partial charge in [-0.1, -0.05) is 12.1 Å². The Morgan fingerprint density at radius 1 is 0.938 bits per heavy atom. The molecule has 7 nitrogen and oxygen atoms in total. The van der Waals surface area contributed by atoms with E-state index in [1.165, 1.54) is 0 Å². The van der Waals surface area contributed by atoms with Gasteiger partial charge in [0, 0.05) is 0 Å². The van der Waals surface area contributed by atoms with Gasteiger partial charge in [0.25, 0.3) is 0 Å². The van der Waals surface area contributed by atoms with Crippen LogP contribution in [0.2, 0.25) is 0 Å². The minimum atomic E-state index is -1.83. The van der Waals surface area contributed by atoms with Crippen molar-refractivity contribution in [3.8, 4) is 0 Å². The van der Waals surface area contributed by atoms with Gasteiger partial charge in [-0.15, -0.1) is 0 Å². The van der Waals surface area contributed by atoms with Crippen molar-refractivity contribution in [1.29, 1.82) is 0 Å². The van der Waals surface area contributed by atoms with E-state index in [1.54, 1.807) is 24.3 Å². The predicted molar refractivity (Wildman–Crippen MR) is 49.4 cm³/mol. The van der Waals surface area contributed by atoms with E-state index < -0.39 is 18.0 Å². The number of carboxylic acid groups (broad SMARTS) is 2. The van der Waals surface area contributed by atoms with Crippen LogP contribution in [-0.2, 0) is 9.59 Å². The van der Waals surface area contributed by atoms with Crippen molar-refractivity contribution < 1.29 is 24.6 Å². The maximum atomic E-state index is 10.7. The molecule has 1 aromatic carbocycles. The van der Waals surface area contributed by atoms with Gasteiger partial charge in [-0.05, 0) is 12.1 Å². The molecule has 1 heterocycles. The number of para-hydroxylation sites is 2. The third-order valence-corrected chi connectivity index (χ3v) is 1.51. The number of rotatable bonds is 0. The molecule has 0 atom stereocenters. The second-order valence-electron chi connectivity index (χ2n) is 2.61. The van der Waals surface area contributed by atoms with Crippen LogP contribution >= 0.6 is 0 Å². The van der Waals surface area contributed by atoms with Crippen LogP contribution in [0.3, 0.4) is 0 Å². The first-order valence-corrected chi connectivity index (χ1v) is 4.03. The number of benzene rings is 1. The predicted octanol–water partition coefficient (Wildman–Crippen LogP) is -0.785. The number of carbonyl (C=O) groups excluding carboxylic acids is 2. The molecule has 2 amide bonds. The number of hydrogen-bond donors (Lipinski definition) is 2.